The number of methoxy groups -OCH3 is 1. The third kappa shape index (κ3) is 5.47. The third-order valence-electron chi connectivity index (χ3n) is 3.07. The van der Waals surface area contributed by atoms with Gasteiger partial charge in [0.25, 0.3) is 0 Å². The molecule has 0 fully saturated rings. The molecule has 1 amide bonds. The minimum absolute atomic E-state index is 0.0906. The van der Waals surface area contributed by atoms with Gasteiger partial charge in [0.05, 0.1) is 17.6 Å². The zero-order valence-electron chi connectivity index (χ0n) is 11.1. The summed E-state index contributed by atoms with van der Waals surface area (Å²) in [5, 5.41) is 12.7. The normalized spacial score (nSPS) is 12.6. The smallest absolute Gasteiger partial charge is 0.222 e. The van der Waals surface area contributed by atoms with Crippen LogP contribution >= 0.6 is 0 Å². The maximum absolute atomic E-state index is 11.6. The quantitative estimate of drug-likeness (QED) is 0.697. The zero-order chi connectivity index (χ0) is 12.8. The molecule has 0 rings (SSSR count). The van der Waals surface area contributed by atoms with Crippen LogP contribution in [0.5, 0.6) is 0 Å². The number of hydrogen-bond acceptors (Lipinski definition) is 3. The molecule has 0 aromatic carbocycles. The molecule has 0 unspecified atom stereocenters. The predicted molar refractivity (Wildman–Crippen MR) is 64.2 cm³/mol. The van der Waals surface area contributed by atoms with Gasteiger partial charge < -0.3 is 15.2 Å². The lowest BCUT2D eigenvalue weighted by atomic mass is 9.97. The van der Waals surface area contributed by atoms with E-state index in [0.717, 1.165) is 0 Å². The van der Waals surface area contributed by atoms with Gasteiger partial charge in [0, 0.05) is 13.7 Å². The summed E-state index contributed by atoms with van der Waals surface area (Å²) in [5.74, 6) is -0.0906. The highest BCUT2D eigenvalue weighted by Crippen LogP contribution is 2.15. The average Bonchev–Trinajstić information content (AvgIpc) is 2.25. The number of rotatable bonds is 7. The Morgan fingerprint density at radius 3 is 2.19 bits per heavy atom. The molecule has 0 bridgehead atoms. The molecule has 0 spiro atoms. The number of nitrogens with one attached hydrogen (secondary N) is 1. The largest absolute Gasteiger partial charge is 0.388 e. The highest BCUT2D eigenvalue weighted by atomic mass is 16.5. The Morgan fingerprint density at radius 2 is 1.81 bits per heavy atom. The van der Waals surface area contributed by atoms with Crippen molar-refractivity contribution in [3.8, 4) is 0 Å². The first-order valence-corrected chi connectivity index (χ1v) is 5.83. The summed E-state index contributed by atoms with van der Waals surface area (Å²) in [4.78, 5) is 11.6. The number of carbonyl (C=O) groups is 1. The highest BCUT2D eigenvalue weighted by molar-refractivity contribution is 5.77. The van der Waals surface area contributed by atoms with Crippen molar-refractivity contribution in [2.45, 2.75) is 58.2 Å². The van der Waals surface area contributed by atoms with Crippen LogP contribution in [0, 0.1) is 0 Å². The maximum Gasteiger partial charge on any atom is 0.222 e. The van der Waals surface area contributed by atoms with Crippen molar-refractivity contribution in [1.82, 2.24) is 5.32 Å². The molecule has 2 N–H and O–H groups in total. The Bertz CT molecular complexity index is 222. The van der Waals surface area contributed by atoms with Crippen LogP contribution in [0.4, 0.5) is 0 Å². The summed E-state index contributed by atoms with van der Waals surface area (Å²) in [7, 11) is 1.59. The van der Waals surface area contributed by atoms with Crippen molar-refractivity contribution in [2.75, 3.05) is 13.7 Å². The summed E-state index contributed by atoms with van der Waals surface area (Å²) >= 11 is 0. The first-order valence-electron chi connectivity index (χ1n) is 5.83. The summed E-state index contributed by atoms with van der Waals surface area (Å²) in [6.45, 7) is 7.85. The van der Waals surface area contributed by atoms with E-state index in [1.807, 2.05) is 27.7 Å². The molecule has 0 atom stereocenters. The van der Waals surface area contributed by atoms with Crippen LogP contribution in [0.2, 0.25) is 0 Å². The Hall–Kier alpha value is -0.610. The maximum atomic E-state index is 11.6. The summed E-state index contributed by atoms with van der Waals surface area (Å²) in [6.07, 6.45) is 1.57. The lowest BCUT2D eigenvalue weighted by Gasteiger charge is -2.27. The van der Waals surface area contributed by atoms with Crippen molar-refractivity contribution in [3.63, 3.8) is 0 Å². The molecule has 4 heteroatoms. The zero-order valence-corrected chi connectivity index (χ0v) is 11.1. The standard InChI is InChI=1S/C12H25NO3/c1-6-12(15,7-2)9-13-10(14)8-11(3,4)16-5/h15H,6-9H2,1-5H3,(H,13,14). The number of hydrogen-bond donors (Lipinski definition) is 2. The van der Waals surface area contributed by atoms with E-state index in [1.165, 1.54) is 0 Å². The van der Waals surface area contributed by atoms with Gasteiger partial charge in [-0.2, -0.15) is 0 Å². The van der Waals surface area contributed by atoms with Crippen LogP contribution in [0.15, 0.2) is 0 Å². The van der Waals surface area contributed by atoms with Gasteiger partial charge in [-0.05, 0) is 26.7 Å². The van der Waals surface area contributed by atoms with Crippen molar-refractivity contribution in [3.05, 3.63) is 0 Å². The Morgan fingerprint density at radius 1 is 1.31 bits per heavy atom. The number of aliphatic hydroxyl groups is 1. The molecule has 96 valence electrons. The fraction of sp³-hybridized carbons (Fsp3) is 0.917. The van der Waals surface area contributed by atoms with Crippen LogP contribution in [0.25, 0.3) is 0 Å². The van der Waals surface area contributed by atoms with Gasteiger partial charge in [-0.15, -0.1) is 0 Å². The van der Waals surface area contributed by atoms with E-state index in [4.69, 9.17) is 4.74 Å². The van der Waals surface area contributed by atoms with Gasteiger partial charge in [-0.3, -0.25) is 4.79 Å². The van der Waals surface area contributed by atoms with Gasteiger partial charge in [0.1, 0.15) is 0 Å². The minimum Gasteiger partial charge on any atom is -0.388 e. The second-order valence-corrected chi connectivity index (χ2v) is 4.85. The van der Waals surface area contributed by atoms with Crippen molar-refractivity contribution < 1.29 is 14.6 Å². The van der Waals surface area contributed by atoms with E-state index >= 15 is 0 Å². The fourth-order valence-corrected chi connectivity index (χ4v) is 1.28. The van der Waals surface area contributed by atoms with Crippen LogP contribution < -0.4 is 5.32 Å². The molecular formula is C12H25NO3. The lowest BCUT2D eigenvalue weighted by Crippen LogP contribution is -2.43. The molecule has 0 radical (unpaired) electrons. The van der Waals surface area contributed by atoms with Crippen molar-refractivity contribution >= 4 is 5.91 Å². The second kappa shape index (κ2) is 6.21. The molecule has 0 aliphatic rings. The Kier molecular flexibility index (Phi) is 5.97. The molecule has 0 aliphatic heterocycles. The predicted octanol–water partition coefficient (Wildman–Crippen LogP) is 1.47. The van der Waals surface area contributed by atoms with Crippen molar-refractivity contribution in [2.24, 2.45) is 0 Å². The van der Waals surface area contributed by atoms with E-state index in [1.54, 1.807) is 7.11 Å². The Balaban J connectivity index is 4.08. The van der Waals surface area contributed by atoms with E-state index in [-0.39, 0.29) is 5.91 Å². The molecule has 0 aliphatic carbocycles. The highest BCUT2D eigenvalue weighted by Gasteiger charge is 2.25. The summed E-state index contributed by atoms with van der Waals surface area (Å²) in [6, 6.07) is 0. The van der Waals surface area contributed by atoms with Gasteiger partial charge in [0.2, 0.25) is 5.91 Å². The summed E-state index contributed by atoms with van der Waals surface area (Å²) in [5.41, 5.74) is -1.24. The lowest BCUT2D eigenvalue weighted by molar-refractivity contribution is -0.127. The molecule has 0 aromatic heterocycles. The van der Waals surface area contributed by atoms with Gasteiger partial charge in [0.15, 0.2) is 0 Å². The van der Waals surface area contributed by atoms with Gasteiger partial charge in [-0.25, -0.2) is 0 Å². The van der Waals surface area contributed by atoms with Crippen LogP contribution in [-0.4, -0.2) is 35.9 Å². The van der Waals surface area contributed by atoms with Crippen molar-refractivity contribution in [1.29, 1.82) is 0 Å². The first kappa shape index (κ1) is 15.4. The molecule has 16 heavy (non-hydrogen) atoms. The number of amides is 1. The fourth-order valence-electron chi connectivity index (χ4n) is 1.28. The molecule has 0 aromatic rings. The number of carbonyl (C=O) groups excluding carboxylic acids is 1. The topological polar surface area (TPSA) is 58.6 Å². The van der Waals surface area contributed by atoms with Gasteiger partial charge >= 0.3 is 0 Å². The third-order valence-corrected chi connectivity index (χ3v) is 3.07. The van der Waals surface area contributed by atoms with E-state index in [2.05, 4.69) is 5.32 Å². The average molecular weight is 231 g/mol. The molecule has 0 saturated heterocycles. The summed E-state index contributed by atoms with van der Waals surface area (Å²) < 4.78 is 5.17. The molecule has 0 saturated carbocycles. The van der Waals surface area contributed by atoms with E-state index < -0.39 is 11.2 Å². The Labute approximate surface area is 98.4 Å². The molecule has 0 heterocycles. The van der Waals surface area contributed by atoms with E-state index in [9.17, 15) is 9.90 Å². The SMILES string of the molecule is CCC(O)(CC)CNC(=O)CC(C)(C)OC. The van der Waals surface area contributed by atoms with Crippen LogP contribution in [-0.2, 0) is 9.53 Å². The molecule has 4 nitrogen and oxygen atoms in total. The number of ether oxygens (including phenoxy) is 1. The second-order valence-electron chi connectivity index (χ2n) is 4.85. The monoisotopic (exact) mass is 231 g/mol. The van der Waals surface area contributed by atoms with E-state index in [0.29, 0.717) is 25.8 Å². The van der Waals surface area contributed by atoms with Gasteiger partial charge in [-0.1, -0.05) is 13.8 Å². The molecular weight excluding hydrogens is 206 g/mol. The minimum atomic E-state index is -0.785. The van der Waals surface area contributed by atoms with Crippen LogP contribution in [0.3, 0.4) is 0 Å². The van der Waals surface area contributed by atoms with Crippen LogP contribution in [0.1, 0.15) is 47.0 Å². The first-order chi connectivity index (χ1) is 7.28.